The summed E-state index contributed by atoms with van der Waals surface area (Å²) in [4.78, 5) is 12.0. The SMILES string of the molecule is NS(=O)(=O)c1cccc(NC(=O)c2cc(I)ccc2O)c1. The molecule has 0 aliphatic heterocycles. The van der Waals surface area contributed by atoms with Crippen LogP contribution in [0.25, 0.3) is 0 Å². The molecule has 0 heterocycles. The third-order valence-electron chi connectivity index (χ3n) is 2.62. The van der Waals surface area contributed by atoms with Crippen LogP contribution >= 0.6 is 22.6 Å². The summed E-state index contributed by atoms with van der Waals surface area (Å²) >= 11 is 2.02. The van der Waals surface area contributed by atoms with Crippen LogP contribution in [0, 0.1) is 3.57 Å². The largest absolute Gasteiger partial charge is 0.507 e. The maximum absolute atomic E-state index is 12.1. The van der Waals surface area contributed by atoms with Gasteiger partial charge in [-0.2, -0.15) is 0 Å². The number of sulfonamides is 1. The van der Waals surface area contributed by atoms with Crippen molar-refractivity contribution < 1.29 is 18.3 Å². The molecule has 0 atom stereocenters. The number of hydrogen-bond acceptors (Lipinski definition) is 4. The van der Waals surface area contributed by atoms with Gasteiger partial charge in [0.1, 0.15) is 5.75 Å². The van der Waals surface area contributed by atoms with Gasteiger partial charge in [0, 0.05) is 9.26 Å². The smallest absolute Gasteiger partial charge is 0.259 e. The summed E-state index contributed by atoms with van der Waals surface area (Å²) in [5.74, 6) is -0.701. The normalized spacial score (nSPS) is 11.1. The van der Waals surface area contributed by atoms with Crippen LogP contribution in [0.15, 0.2) is 47.4 Å². The lowest BCUT2D eigenvalue weighted by atomic mass is 10.2. The zero-order valence-corrected chi connectivity index (χ0v) is 13.6. The number of aromatic hydroxyl groups is 1. The summed E-state index contributed by atoms with van der Waals surface area (Å²) < 4.78 is 23.3. The fourth-order valence-electron chi connectivity index (χ4n) is 1.64. The second-order valence-corrected chi connectivity index (χ2v) is 7.00. The molecule has 0 aliphatic rings. The molecule has 1 amide bonds. The standard InChI is InChI=1S/C13H11IN2O4S/c14-8-4-5-12(17)11(6-8)13(18)16-9-2-1-3-10(7-9)21(15,19)20/h1-7,17H,(H,16,18)(H2,15,19,20). The second kappa shape index (κ2) is 6.00. The van der Waals surface area contributed by atoms with Crippen molar-refractivity contribution in [3.05, 3.63) is 51.6 Å². The van der Waals surface area contributed by atoms with Crippen LogP contribution in [0.4, 0.5) is 5.69 Å². The van der Waals surface area contributed by atoms with Crippen LogP contribution in [0.3, 0.4) is 0 Å². The summed E-state index contributed by atoms with van der Waals surface area (Å²) in [5, 5.41) is 17.2. The number of nitrogens with two attached hydrogens (primary N) is 1. The Morgan fingerprint density at radius 1 is 1.19 bits per heavy atom. The van der Waals surface area contributed by atoms with Gasteiger partial charge in [-0.15, -0.1) is 0 Å². The first-order valence-corrected chi connectivity index (χ1v) is 8.32. The van der Waals surface area contributed by atoms with Crippen molar-refractivity contribution in [1.29, 1.82) is 0 Å². The highest BCUT2D eigenvalue weighted by Crippen LogP contribution is 2.22. The first kappa shape index (κ1) is 15.7. The van der Waals surface area contributed by atoms with Crippen molar-refractivity contribution >= 4 is 44.2 Å². The molecule has 2 aromatic rings. The Hall–Kier alpha value is -1.65. The van der Waals surface area contributed by atoms with Gasteiger partial charge in [0.25, 0.3) is 5.91 Å². The van der Waals surface area contributed by atoms with E-state index in [2.05, 4.69) is 5.32 Å². The van der Waals surface area contributed by atoms with Gasteiger partial charge < -0.3 is 10.4 Å². The average Bonchev–Trinajstić information content (AvgIpc) is 2.41. The molecule has 0 aromatic heterocycles. The second-order valence-electron chi connectivity index (χ2n) is 4.19. The van der Waals surface area contributed by atoms with Crippen molar-refractivity contribution in [2.24, 2.45) is 5.14 Å². The third-order valence-corrected chi connectivity index (χ3v) is 4.21. The number of nitrogens with one attached hydrogen (secondary N) is 1. The molecule has 0 saturated heterocycles. The topological polar surface area (TPSA) is 109 Å². The molecule has 0 fully saturated rings. The minimum absolute atomic E-state index is 0.0999. The number of phenols is 1. The summed E-state index contributed by atoms with van der Waals surface area (Å²) in [6.07, 6.45) is 0. The number of benzene rings is 2. The number of phenolic OH excluding ortho intramolecular Hbond substituents is 1. The molecule has 21 heavy (non-hydrogen) atoms. The lowest BCUT2D eigenvalue weighted by molar-refractivity contribution is 0.102. The number of halogens is 1. The molecule has 4 N–H and O–H groups in total. The molecular weight excluding hydrogens is 407 g/mol. The van der Waals surface area contributed by atoms with E-state index in [1.54, 1.807) is 6.07 Å². The van der Waals surface area contributed by atoms with Crippen molar-refractivity contribution in [3.63, 3.8) is 0 Å². The molecule has 0 saturated carbocycles. The maximum atomic E-state index is 12.1. The lowest BCUT2D eigenvalue weighted by Crippen LogP contribution is -2.15. The van der Waals surface area contributed by atoms with Crippen LogP contribution in [-0.4, -0.2) is 19.4 Å². The molecule has 2 aromatic carbocycles. The summed E-state index contributed by atoms with van der Waals surface area (Å²) in [5.41, 5.74) is 0.368. The van der Waals surface area contributed by atoms with Crippen molar-refractivity contribution in [3.8, 4) is 5.75 Å². The number of hydrogen-bond donors (Lipinski definition) is 3. The summed E-state index contributed by atoms with van der Waals surface area (Å²) in [7, 11) is -3.84. The molecule has 0 aliphatic carbocycles. The Morgan fingerprint density at radius 3 is 2.57 bits per heavy atom. The van der Waals surface area contributed by atoms with Gasteiger partial charge in [-0.05, 0) is 59.0 Å². The molecule has 0 radical (unpaired) electrons. The Bertz CT molecular complexity index is 806. The fourth-order valence-corrected chi connectivity index (χ4v) is 2.69. The Morgan fingerprint density at radius 2 is 1.90 bits per heavy atom. The number of rotatable bonds is 3. The van der Waals surface area contributed by atoms with E-state index in [9.17, 15) is 18.3 Å². The van der Waals surface area contributed by atoms with E-state index in [1.165, 1.54) is 36.4 Å². The van der Waals surface area contributed by atoms with Crippen LogP contribution < -0.4 is 10.5 Å². The highest BCUT2D eigenvalue weighted by atomic mass is 127. The highest BCUT2D eigenvalue weighted by molar-refractivity contribution is 14.1. The van der Waals surface area contributed by atoms with Crippen LogP contribution in [-0.2, 0) is 10.0 Å². The molecule has 6 nitrogen and oxygen atoms in total. The number of primary sulfonamides is 1. The first-order valence-electron chi connectivity index (χ1n) is 5.70. The highest BCUT2D eigenvalue weighted by Gasteiger charge is 2.13. The van der Waals surface area contributed by atoms with Crippen molar-refractivity contribution in [2.75, 3.05) is 5.32 Å². The Kier molecular flexibility index (Phi) is 4.49. The van der Waals surface area contributed by atoms with Crippen LogP contribution in [0.1, 0.15) is 10.4 Å². The van der Waals surface area contributed by atoms with Gasteiger partial charge in [-0.3, -0.25) is 4.79 Å². The molecule has 110 valence electrons. The number of carbonyl (C=O) groups is 1. The van der Waals surface area contributed by atoms with Gasteiger partial charge in [-0.25, -0.2) is 13.6 Å². The predicted molar refractivity (Wildman–Crippen MR) is 86.6 cm³/mol. The molecule has 0 spiro atoms. The minimum Gasteiger partial charge on any atom is -0.507 e. The zero-order chi connectivity index (χ0) is 15.6. The monoisotopic (exact) mass is 418 g/mol. The minimum atomic E-state index is -3.84. The van der Waals surface area contributed by atoms with Crippen LogP contribution in [0.2, 0.25) is 0 Å². The van der Waals surface area contributed by atoms with Crippen molar-refractivity contribution in [1.82, 2.24) is 0 Å². The van der Waals surface area contributed by atoms with E-state index in [1.807, 2.05) is 22.6 Å². The third kappa shape index (κ3) is 3.93. The van der Waals surface area contributed by atoms with Gasteiger partial charge in [0.15, 0.2) is 0 Å². The van der Waals surface area contributed by atoms with E-state index >= 15 is 0 Å². The van der Waals surface area contributed by atoms with Crippen LogP contribution in [0.5, 0.6) is 5.75 Å². The molecule has 2 rings (SSSR count). The maximum Gasteiger partial charge on any atom is 0.259 e. The first-order chi connectivity index (χ1) is 9.77. The summed E-state index contributed by atoms with van der Waals surface area (Å²) in [6, 6.07) is 10.2. The molecule has 0 bridgehead atoms. The average molecular weight is 418 g/mol. The molecule has 0 unspecified atom stereocenters. The van der Waals surface area contributed by atoms with Gasteiger partial charge in [-0.1, -0.05) is 6.07 Å². The Labute approximate surface area is 135 Å². The quantitative estimate of drug-likeness (QED) is 0.662. The number of carbonyl (C=O) groups excluding carboxylic acids is 1. The number of amides is 1. The number of anilines is 1. The molecular formula is C13H11IN2O4S. The predicted octanol–water partition coefficient (Wildman–Crippen LogP) is 1.90. The lowest BCUT2D eigenvalue weighted by Gasteiger charge is -2.08. The van der Waals surface area contributed by atoms with E-state index in [-0.39, 0.29) is 21.9 Å². The fraction of sp³-hybridized carbons (Fsp3) is 0. The summed E-state index contributed by atoms with van der Waals surface area (Å²) in [6.45, 7) is 0. The Balaban J connectivity index is 2.30. The van der Waals surface area contributed by atoms with E-state index < -0.39 is 15.9 Å². The van der Waals surface area contributed by atoms with E-state index in [4.69, 9.17) is 5.14 Å². The molecule has 8 heteroatoms. The van der Waals surface area contributed by atoms with Gasteiger partial charge >= 0.3 is 0 Å². The van der Waals surface area contributed by atoms with E-state index in [0.29, 0.717) is 0 Å². The zero-order valence-electron chi connectivity index (χ0n) is 10.6. The van der Waals surface area contributed by atoms with E-state index in [0.717, 1.165) is 3.57 Å². The van der Waals surface area contributed by atoms with Crippen molar-refractivity contribution in [2.45, 2.75) is 4.90 Å². The van der Waals surface area contributed by atoms with Gasteiger partial charge in [0.05, 0.1) is 10.5 Å². The van der Waals surface area contributed by atoms with Gasteiger partial charge in [0.2, 0.25) is 10.0 Å².